The zero-order valence-corrected chi connectivity index (χ0v) is 13.6. The van der Waals surface area contributed by atoms with Gasteiger partial charge in [0.2, 0.25) is 5.91 Å². The Morgan fingerprint density at radius 3 is 2.78 bits per heavy atom. The number of nitrogens with zero attached hydrogens (tertiary/aromatic N) is 3. The van der Waals surface area contributed by atoms with Gasteiger partial charge in [-0.25, -0.2) is 0 Å². The van der Waals surface area contributed by atoms with E-state index in [1.807, 2.05) is 38.2 Å². The summed E-state index contributed by atoms with van der Waals surface area (Å²) in [7, 11) is 2.04. The van der Waals surface area contributed by atoms with Crippen molar-refractivity contribution in [1.82, 2.24) is 9.55 Å². The van der Waals surface area contributed by atoms with Gasteiger partial charge in [-0.1, -0.05) is 18.2 Å². The first kappa shape index (κ1) is 15.3. The van der Waals surface area contributed by atoms with Crippen LogP contribution >= 0.6 is 0 Å². The third-order valence-corrected chi connectivity index (χ3v) is 4.16. The van der Waals surface area contributed by atoms with Gasteiger partial charge in [-0.2, -0.15) is 0 Å². The van der Waals surface area contributed by atoms with E-state index in [4.69, 9.17) is 0 Å². The molecule has 1 aromatic carbocycles. The number of hydrogen-bond acceptors (Lipinski definition) is 2. The first-order valence-electron chi connectivity index (χ1n) is 7.94. The zero-order valence-electron chi connectivity index (χ0n) is 13.6. The van der Waals surface area contributed by atoms with E-state index in [9.17, 15) is 4.79 Å². The molecule has 2 aromatic heterocycles. The van der Waals surface area contributed by atoms with E-state index in [-0.39, 0.29) is 5.91 Å². The summed E-state index contributed by atoms with van der Waals surface area (Å²) >= 11 is 0. The summed E-state index contributed by atoms with van der Waals surface area (Å²) in [5, 5.41) is 1.23. The minimum atomic E-state index is 0.133. The number of benzene rings is 1. The number of amides is 1. The molecule has 118 valence electrons. The van der Waals surface area contributed by atoms with Gasteiger partial charge in [0, 0.05) is 43.3 Å². The maximum Gasteiger partial charge on any atom is 0.227 e. The van der Waals surface area contributed by atoms with Gasteiger partial charge in [-0.3, -0.25) is 9.78 Å². The average Bonchev–Trinajstić information content (AvgIpc) is 2.91. The molecule has 2 heterocycles. The average molecular weight is 307 g/mol. The van der Waals surface area contributed by atoms with Crippen LogP contribution in [-0.4, -0.2) is 22.0 Å². The molecular formula is C19H21N3O. The molecule has 23 heavy (non-hydrogen) atoms. The lowest BCUT2D eigenvalue weighted by molar-refractivity contribution is -0.118. The molecule has 0 unspecified atom stereocenters. The Labute approximate surface area is 136 Å². The Bertz CT molecular complexity index is 808. The van der Waals surface area contributed by atoms with Gasteiger partial charge >= 0.3 is 0 Å². The van der Waals surface area contributed by atoms with Crippen LogP contribution in [0.1, 0.15) is 18.9 Å². The second-order valence-corrected chi connectivity index (χ2v) is 5.63. The van der Waals surface area contributed by atoms with Crippen LogP contribution in [0.25, 0.3) is 10.9 Å². The van der Waals surface area contributed by atoms with Crippen LogP contribution in [-0.2, 0) is 18.3 Å². The largest absolute Gasteiger partial charge is 0.350 e. The molecule has 0 radical (unpaired) electrons. The molecule has 3 rings (SSSR count). The second-order valence-electron chi connectivity index (χ2n) is 5.63. The minimum absolute atomic E-state index is 0.133. The molecular weight excluding hydrogens is 286 g/mol. The second kappa shape index (κ2) is 6.65. The van der Waals surface area contributed by atoms with Crippen LogP contribution in [0.15, 0.2) is 55.0 Å². The topological polar surface area (TPSA) is 38.1 Å². The number of hydrogen-bond donors (Lipinski definition) is 0. The van der Waals surface area contributed by atoms with E-state index >= 15 is 0 Å². The monoisotopic (exact) mass is 307 g/mol. The molecule has 4 nitrogen and oxygen atoms in total. The van der Waals surface area contributed by atoms with Gasteiger partial charge in [0.25, 0.3) is 0 Å². The maximum absolute atomic E-state index is 12.6. The van der Waals surface area contributed by atoms with Crippen molar-refractivity contribution in [2.24, 2.45) is 7.05 Å². The van der Waals surface area contributed by atoms with Crippen LogP contribution < -0.4 is 4.90 Å². The highest BCUT2D eigenvalue weighted by atomic mass is 16.2. The number of pyridine rings is 1. The van der Waals surface area contributed by atoms with E-state index in [1.54, 1.807) is 17.3 Å². The van der Waals surface area contributed by atoms with Crippen LogP contribution in [0.5, 0.6) is 0 Å². The third kappa shape index (κ3) is 3.11. The molecule has 0 spiro atoms. The van der Waals surface area contributed by atoms with E-state index < -0.39 is 0 Å². The molecule has 0 N–H and O–H groups in total. The Morgan fingerprint density at radius 2 is 2.04 bits per heavy atom. The van der Waals surface area contributed by atoms with E-state index in [2.05, 4.69) is 27.9 Å². The zero-order chi connectivity index (χ0) is 16.2. The Balaban J connectivity index is 1.75. The van der Waals surface area contributed by atoms with Crippen molar-refractivity contribution in [2.75, 3.05) is 11.4 Å². The number of carbonyl (C=O) groups is 1. The van der Waals surface area contributed by atoms with Gasteiger partial charge in [-0.15, -0.1) is 0 Å². The lowest BCUT2D eigenvalue weighted by Gasteiger charge is -2.20. The number of para-hydroxylation sites is 1. The van der Waals surface area contributed by atoms with Gasteiger partial charge in [0.05, 0.1) is 11.9 Å². The number of aromatic nitrogens is 2. The lowest BCUT2D eigenvalue weighted by atomic mass is 10.1. The molecule has 0 aliphatic heterocycles. The predicted molar refractivity (Wildman–Crippen MR) is 93.5 cm³/mol. The number of carbonyl (C=O) groups excluding carboxylic acids is 1. The standard InChI is InChI=1S/C19H21N3O/c1-3-22(16-7-6-12-20-13-16)19(23)11-10-15-14-21(2)18-9-5-4-8-17(15)18/h4-9,12-14H,3,10-11H2,1-2H3. The summed E-state index contributed by atoms with van der Waals surface area (Å²) in [6, 6.07) is 12.1. The molecule has 0 saturated carbocycles. The van der Waals surface area contributed by atoms with Gasteiger partial charge < -0.3 is 9.47 Å². The number of rotatable bonds is 5. The van der Waals surface area contributed by atoms with E-state index in [1.165, 1.54) is 16.5 Å². The number of anilines is 1. The summed E-state index contributed by atoms with van der Waals surface area (Å²) in [4.78, 5) is 18.5. The SMILES string of the molecule is CCN(C(=O)CCc1cn(C)c2ccccc12)c1cccnc1. The van der Waals surface area contributed by atoms with E-state index in [0.717, 1.165) is 12.1 Å². The molecule has 3 aromatic rings. The molecule has 0 fully saturated rings. The Hall–Kier alpha value is -2.62. The highest BCUT2D eigenvalue weighted by molar-refractivity contribution is 5.93. The summed E-state index contributed by atoms with van der Waals surface area (Å²) in [6.07, 6.45) is 6.82. The van der Waals surface area contributed by atoms with Gasteiger partial charge in [0.1, 0.15) is 0 Å². The third-order valence-electron chi connectivity index (χ3n) is 4.16. The molecule has 0 atom stereocenters. The Kier molecular flexibility index (Phi) is 4.42. The molecule has 0 bridgehead atoms. The predicted octanol–water partition coefficient (Wildman–Crippen LogP) is 3.56. The van der Waals surface area contributed by atoms with Crippen LogP contribution in [0.3, 0.4) is 0 Å². The highest BCUT2D eigenvalue weighted by Gasteiger charge is 2.15. The van der Waals surface area contributed by atoms with Crippen molar-refractivity contribution in [3.05, 3.63) is 60.6 Å². The summed E-state index contributed by atoms with van der Waals surface area (Å²) < 4.78 is 2.12. The fraction of sp³-hybridized carbons (Fsp3) is 0.263. The van der Waals surface area contributed by atoms with Crippen molar-refractivity contribution in [2.45, 2.75) is 19.8 Å². The van der Waals surface area contributed by atoms with Crippen LogP contribution in [0, 0.1) is 0 Å². The Morgan fingerprint density at radius 1 is 1.22 bits per heavy atom. The fourth-order valence-corrected chi connectivity index (χ4v) is 3.02. The summed E-state index contributed by atoms with van der Waals surface area (Å²) in [6.45, 7) is 2.64. The van der Waals surface area contributed by atoms with Crippen molar-refractivity contribution in [3.8, 4) is 0 Å². The normalized spacial score (nSPS) is 10.9. The van der Waals surface area contributed by atoms with Gasteiger partial charge in [0.15, 0.2) is 0 Å². The van der Waals surface area contributed by atoms with Crippen molar-refractivity contribution in [3.63, 3.8) is 0 Å². The number of fused-ring (bicyclic) bond motifs is 1. The molecule has 0 aliphatic carbocycles. The number of aryl methyl sites for hydroxylation is 2. The fourth-order valence-electron chi connectivity index (χ4n) is 3.02. The highest BCUT2D eigenvalue weighted by Crippen LogP contribution is 2.22. The first-order valence-corrected chi connectivity index (χ1v) is 7.94. The van der Waals surface area contributed by atoms with Crippen molar-refractivity contribution < 1.29 is 4.79 Å². The minimum Gasteiger partial charge on any atom is -0.350 e. The molecule has 4 heteroatoms. The smallest absolute Gasteiger partial charge is 0.227 e. The maximum atomic E-state index is 12.6. The quantitative estimate of drug-likeness (QED) is 0.723. The van der Waals surface area contributed by atoms with Crippen molar-refractivity contribution in [1.29, 1.82) is 0 Å². The van der Waals surface area contributed by atoms with Crippen LogP contribution in [0.4, 0.5) is 5.69 Å². The summed E-state index contributed by atoms with van der Waals surface area (Å²) in [5.74, 6) is 0.133. The molecule has 0 aliphatic rings. The summed E-state index contributed by atoms with van der Waals surface area (Å²) in [5.41, 5.74) is 3.28. The molecule has 1 amide bonds. The molecule has 0 saturated heterocycles. The first-order chi connectivity index (χ1) is 11.2. The van der Waals surface area contributed by atoms with Crippen molar-refractivity contribution >= 4 is 22.5 Å². The van der Waals surface area contributed by atoms with E-state index in [0.29, 0.717) is 13.0 Å². The van der Waals surface area contributed by atoms with Crippen LogP contribution in [0.2, 0.25) is 0 Å². The van der Waals surface area contributed by atoms with Gasteiger partial charge in [-0.05, 0) is 37.1 Å². The lowest BCUT2D eigenvalue weighted by Crippen LogP contribution is -2.30.